The van der Waals surface area contributed by atoms with Gasteiger partial charge in [-0.15, -0.1) is 11.3 Å². The number of carbonyl (C=O) groups excluding carboxylic acids is 1. The van der Waals surface area contributed by atoms with E-state index in [0.29, 0.717) is 13.0 Å². The van der Waals surface area contributed by atoms with Gasteiger partial charge in [-0.05, 0) is 33.1 Å². The lowest BCUT2D eigenvalue weighted by Crippen LogP contribution is -2.50. The monoisotopic (exact) mass is 299 g/mol. The molecule has 0 aliphatic rings. The third-order valence-electron chi connectivity index (χ3n) is 3.38. The maximum absolute atomic E-state index is 11.8. The van der Waals surface area contributed by atoms with Crippen LogP contribution in [0.25, 0.3) is 0 Å². The number of aryl methyl sites for hydroxylation is 2. The number of nitrogens with zero attached hydrogens (tertiary/aromatic N) is 1. The Hall–Kier alpha value is -1.14. The normalized spacial score (nSPS) is 13.8. The van der Waals surface area contributed by atoms with Gasteiger partial charge in [-0.1, -0.05) is 6.92 Å². The van der Waals surface area contributed by atoms with E-state index in [0.717, 1.165) is 30.0 Å². The first-order chi connectivity index (χ1) is 9.49. The van der Waals surface area contributed by atoms with Gasteiger partial charge in [-0.25, -0.2) is 9.78 Å². The Morgan fingerprint density at radius 1 is 1.55 bits per heavy atom. The van der Waals surface area contributed by atoms with Gasteiger partial charge in [0.15, 0.2) is 0 Å². The van der Waals surface area contributed by atoms with E-state index in [1.807, 2.05) is 26.2 Å². The van der Waals surface area contributed by atoms with Crippen molar-refractivity contribution in [3.63, 3.8) is 0 Å². The first-order valence-electron chi connectivity index (χ1n) is 7.07. The second-order valence-corrected chi connectivity index (χ2v) is 6.20. The molecule has 1 rings (SSSR count). The number of hydrogen-bond donors (Lipinski definition) is 3. The molecule has 5 nitrogen and oxygen atoms in total. The Labute approximate surface area is 124 Å². The zero-order valence-corrected chi connectivity index (χ0v) is 13.3. The van der Waals surface area contributed by atoms with Crippen LogP contribution in [-0.2, 0) is 6.42 Å². The number of aromatic nitrogens is 1. The van der Waals surface area contributed by atoms with Crippen molar-refractivity contribution in [1.82, 2.24) is 15.6 Å². The molecule has 3 N–H and O–H groups in total. The molecule has 0 aliphatic carbocycles. The molecule has 1 heterocycles. The minimum atomic E-state index is -0.342. The molecule has 1 atom stereocenters. The van der Waals surface area contributed by atoms with Crippen LogP contribution in [0.5, 0.6) is 0 Å². The first-order valence-corrected chi connectivity index (χ1v) is 7.95. The van der Waals surface area contributed by atoms with Crippen molar-refractivity contribution < 1.29 is 9.90 Å². The van der Waals surface area contributed by atoms with Gasteiger partial charge in [-0.2, -0.15) is 0 Å². The summed E-state index contributed by atoms with van der Waals surface area (Å²) in [5, 5.41) is 17.9. The van der Waals surface area contributed by atoms with E-state index >= 15 is 0 Å². The Morgan fingerprint density at radius 3 is 2.85 bits per heavy atom. The third kappa shape index (κ3) is 5.88. The van der Waals surface area contributed by atoms with Crippen LogP contribution in [0.2, 0.25) is 0 Å². The predicted octanol–water partition coefficient (Wildman–Crippen LogP) is 2.23. The smallest absolute Gasteiger partial charge is 0.315 e. The summed E-state index contributed by atoms with van der Waals surface area (Å²) in [7, 11) is 0. The molecule has 20 heavy (non-hydrogen) atoms. The van der Waals surface area contributed by atoms with Crippen molar-refractivity contribution in [3.8, 4) is 0 Å². The number of hydrogen-bond acceptors (Lipinski definition) is 4. The van der Waals surface area contributed by atoms with Gasteiger partial charge in [0.25, 0.3) is 0 Å². The highest BCUT2D eigenvalue weighted by Crippen LogP contribution is 2.13. The van der Waals surface area contributed by atoms with Gasteiger partial charge in [0.1, 0.15) is 0 Å². The van der Waals surface area contributed by atoms with E-state index in [2.05, 4.69) is 15.6 Å². The van der Waals surface area contributed by atoms with Crippen LogP contribution in [0.3, 0.4) is 0 Å². The first kappa shape index (κ1) is 16.9. The van der Waals surface area contributed by atoms with Gasteiger partial charge in [-0.3, -0.25) is 0 Å². The number of urea groups is 1. The van der Waals surface area contributed by atoms with Gasteiger partial charge in [0, 0.05) is 36.2 Å². The Bertz CT molecular complexity index is 422. The summed E-state index contributed by atoms with van der Waals surface area (Å²) < 4.78 is 0. The summed E-state index contributed by atoms with van der Waals surface area (Å²) in [5.74, 6) is 0. The van der Waals surface area contributed by atoms with Crippen LogP contribution in [0.1, 0.15) is 43.8 Å². The Kier molecular flexibility index (Phi) is 6.95. The SMILES string of the molecule is CCC(C)(CCO)NC(=O)NCCCc1nc(C)cs1. The van der Waals surface area contributed by atoms with E-state index in [4.69, 9.17) is 5.11 Å². The van der Waals surface area contributed by atoms with Crippen LogP contribution in [-0.4, -0.2) is 34.8 Å². The highest BCUT2D eigenvalue weighted by atomic mass is 32.1. The summed E-state index contributed by atoms with van der Waals surface area (Å²) in [4.78, 5) is 16.2. The van der Waals surface area contributed by atoms with Crippen molar-refractivity contribution in [2.24, 2.45) is 0 Å². The molecule has 0 saturated heterocycles. The lowest BCUT2D eigenvalue weighted by molar-refractivity contribution is 0.201. The zero-order chi connectivity index (χ0) is 15.0. The molecule has 0 fully saturated rings. The molecular formula is C14H25N3O2S. The van der Waals surface area contributed by atoms with Crippen LogP contribution in [0, 0.1) is 6.92 Å². The van der Waals surface area contributed by atoms with E-state index in [9.17, 15) is 4.79 Å². The van der Waals surface area contributed by atoms with Crippen LogP contribution < -0.4 is 10.6 Å². The molecule has 0 aliphatic heterocycles. The number of amides is 2. The molecule has 1 unspecified atom stereocenters. The second-order valence-electron chi connectivity index (χ2n) is 5.25. The van der Waals surface area contributed by atoms with Crippen molar-refractivity contribution in [2.45, 2.75) is 52.0 Å². The minimum absolute atomic E-state index is 0.0774. The lowest BCUT2D eigenvalue weighted by atomic mass is 9.95. The molecule has 0 bridgehead atoms. The highest BCUT2D eigenvalue weighted by molar-refractivity contribution is 7.09. The summed E-state index contributed by atoms with van der Waals surface area (Å²) in [6, 6.07) is -0.168. The summed E-state index contributed by atoms with van der Waals surface area (Å²) in [5.41, 5.74) is 0.712. The number of aliphatic hydroxyl groups excluding tert-OH is 1. The molecular weight excluding hydrogens is 274 g/mol. The Morgan fingerprint density at radius 2 is 2.30 bits per heavy atom. The molecule has 6 heteroatoms. The quantitative estimate of drug-likeness (QED) is 0.644. The Balaban J connectivity index is 2.22. The number of nitrogens with one attached hydrogen (secondary N) is 2. The number of carbonyl (C=O) groups is 1. The number of rotatable bonds is 8. The molecule has 0 radical (unpaired) electrons. The molecule has 0 aromatic carbocycles. The zero-order valence-electron chi connectivity index (χ0n) is 12.5. The molecule has 1 aromatic rings. The minimum Gasteiger partial charge on any atom is -0.396 e. The van der Waals surface area contributed by atoms with E-state index < -0.39 is 0 Å². The molecule has 0 saturated carbocycles. The van der Waals surface area contributed by atoms with Crippen LogP contribution in [0.4, 0.5) is 4.79 Å². The summed E-state index contributed by atoms with van der Waals surface area (Å²) >= 11 is 1.66. The van der Waals surface area contributed by atoms with Crippen molar-refractivity contribution >= 4 is 17.4 Å². The average Bonchev–Trinajstić information content (AvgIpc) is 2.81. The summed E-state index contributed by atoms with van der Waals surface area (Å²) in [6.07, 6.45) is 3.12. The third-order valence-corrected chi connectivity index (χ3v) is 4.41. The molecule has 0 spiro atoms. The van der Waals surface area contributed by atoms with Crippen molar-refractivity contribution in [3.05, 3.63) is 16.1 Å². The predicted molar refractivity (Wildman–Crippen MR) is 82.1 cm³/mol. The fourth-order valence-corrected chi connectivity index (χ4v) is 2.67. The second kappa shape index (κ2) is 8.21. The van der Waals surface area contributed by atoms with Gasteiger partial charge >= 0.3 is 6.03 Å². The standard InChI is InChI=1S/C14H25N3O2S/c1-4-14(3,7-9-18)17-13(19)15-8-5-6-12-16-11(2)10-20-12/h10,18H,4-9H2,1-3H3,(H2,15,17,19). The average molecular weight is 299 g/mol. The topological polar surface area (TPSA) is 74.2 Å². The van der Waals surface area contributed by atoms with Gasteiger partial charge in [0.05, 0.1) is 5.01 Å². The van der Waals surface area contributed by atoms with Crippen molar-refractivity contribution in [1.29, 1.82) is 0 Å². The highest BCUT2D eigenvalue weighted by Gasteiger charge is 2.23. The van der Waals surface area contributed by atoms with Gasteiger partial charge < -0.3 is 15.7 Å². The van der Waals surface area contributed by atoms with Gasteiger partial charge in [0.2, 0.25) is 0 Å². The largest absolute Gasteiger partial charge is 0.396 e. The van der Waals surface area contributed by atoms with E-state index in [1.165, 1.54) is 0 Å². The maximum Gasteiger partial charge on any atom is 0.315 e. The van der Waals surface area contributed by atoms with E-state index in [1.54, 1.807) is 11.3 Å². The van der Waals surface area contributed by atoms with E-state index in [-0.39, 0.29) is 18.2 Å². The fourth-order valence-electron chi connectivity index (χ4n) is 1.85. The summed E-state index contributed by atoms with van der Waals surface area (Å²) in [6.45, 7) is 6.64. The maximum atomic E-state index is 11.8. The van der Waals surface area contributed by atoms with Crippen molar-refractivity contribution in [2.75, 3.05) is 13.2 Å². The molecule has 1 aromatic heterocycles. The number of aliphatic hydroxyl groups is 1. The van der Waals surface area contributed by atoms with Crippen LogP contribution in [0.15, 0.2) is 5.38 Å². The lowest BCUT2D eigenvalue weighted by Gasteiger charge is -2.29. The number of thiazole rings is 1. The van der Waals surface area contributed by atoms with Crippen LogP contribution >= 0.6 is 11.3 Å². The molecule has 2 amide bonds. The molecule has 114 valence electrons. The fraction of sp³-hybridized carbons (Fsp3) is 0.714.